The summed E-state index contributed by atoms with van der Waals surface area (Å²) in [4.78, 5) is 7.83. The first kappa shape index (κ1) is 20.2. The molecule has 0 aliphatic carbocycles. The highest BCUT2D eigenvalue weighted by Crippen LogP contribution is 2.39. The van der Waals surface area contributed by atoms with Crippen LogP contribution in [0.2, 0.25) is 5.15 Å². The van der Waals surface area contributed by atoms with E-state index < -0.39 is 31.3 Å². The maximum absolute atomic E-state index is 13.1. The third kappa shape index (κ3) is 4.29. The van der Waals surface area contributed by atoms with Gasteiger partial charge in [0.2, 0.25) is 0 Å². The molecular formula is C16H12ClF6N5. The Morgan fingerprint density at radius 1 is 1.04 bits per heavy atom. The molecular weight excluding hydrogens is 412 g/mol. The summed E-state index contributed by atoms with van der Waals surface area (Å²) in [6.45, 7) is -2.07. The number of fused-ring (bicyclic) bond motifs is 1. The summed E-state index contributed by atoms with van der Waals surface area (Å²) in [5.41, 5.74) is 0.832. The lowest BCUT2D eigenvalue weighted by molar-refractivity contribution is -0.137. The van der Waals surface area contributed by atoms with E-state index in [1.54, 1.807) is 25.1 Å². The molecule has 0 fully saturated rings. The molecule has 0 unspecified atom stereocenters. The van der Waals surface area contributed by atoms with Crippen LogP contribution in [-0.2, 0) is 0 Å². The highest BCUT2D eigenvalue weighted by atomic mass is 35.5. The van der Waals surface area contributed by atoms with Gasteiger partial charge in [-0.25, -0.2) is 0 Å². The zero-order valence-electron chi connectivity index (χ0n) is 14.2. The van der Waals surface area contributed by atoms with E-state index in [4.69, 9.17) is 11.6 Å². The van der Waals surface area contributed by atoms with E-state index in [9.17, 15) is 26.3 Å². The molecule has 0 radical (unpaired) electrons. The van der Waals surface area contributed by atoms with Crippen LogP contribution in [0.4, 0.5) is 32.2 Å². The number of aryl methyl sites for hydroxylation is 1. The average Bonchev–Trinajstić information content (AvgIpc) is 2.99. The second kappa shape index (κ2) is 7.12. The van der Waals surface area contributed by atoms with Gasteiger partial charge in [0, 0.05) is 0 Å². The van der Waals surface area contributed by atoms with Crippen LogP contribution in [0, 0.1) is 6.92 Å². The summed E-state index contributed by atoms with van der Waals surface area (Å²) in [5.74, 6) is -0.705. The monoisotopic (exact) mass is 423 g/mol. The number of hydrogen-bond donors (Lipinski definition) is 0. The van der Waals surface area contributed by atoms with E-state index in [1.807, 2.05) is 0 Å². The van der Waals surface area contributed by atoms with Crippen molar-refractivity contribution in [1.82, 2.24) is 19.6 Å². The minimum atomic E-state index is -4.91. The minimum Gasteiger partial charge on any atom is -0.338 e. The van der Waals surface area contributed by atoms with Crippen molar-refractivity contribution in [2.24, 2.45) is 0 Å². The Morgan fingerprint density at radius 3 is 2.21 bits per heavy atom. The van der Waals surface area contributed by atoms with Crippen LogP contribution < -0.4 is 4.90 Å². The van der Waals surface area contributed by atoms with E-state index in [0.29, 0.717) is 11.1 Å². The summed E-state index contributed by atoms with van der Waals surface area (Å²) in [6, 6.07) is 6.45. The van der Waals surface area contributed by atoms with Crippen LogP contribution >= 0.6 is 11.6 Å². The Morgan fingerprint density at radius 2 is 1.64 bits per heavy atom. The van der Waals surface area contributed by atoms with Gasteiger partial charge >= 0.3 is 12.4 Å². The van der Waals surface area contributed by atoms with Crippen LogP contribution in [0.3, 0.4) is 0 Å². The Hall–Kier alpha value is -2.56. The number of benzene rings is 1. The molecule has 0 atom stereocenters. The summed E-state index contributed by atoms with van der Waals surface area (Å²) < 4.78 is 79.4. The number of alkyl halides is 6. The van der Waals surface area contributed by atoms with Crippen molar-refractivity contribution in [3.63, 3.8) is 0 Å². The first-order valence-corrected chi connectivity index (χ1v) is 8.18. The molecule has 0 aliphatic rings. The fourth-order valence-corrected chi connectivity index (χ4v) is 3.08. The largest absolute Gasteiger partial charge is 0.405 e. The van der Waals surface area contributed by atoms with E-state index in [1.165, 1.54) is 6.07 Å². The van der Waals surface area contributed by atoms with Gasteiger partial charge in [0.15, 0.2) is 0 Å². The molecule has 0 bridgehead atoms. The quantitative estimate of drug-likeness (QED) is 0.451. The molecule has 3 aromatic rings. The number of nitrogens with zero attached hydrogens (tertiary/aromatic N) is 5. The molecule has 5 nitrogen and oxygen atoms in total. The van der Waals surface area contributed by atoms with Crippen molar-refractivity contribution < 1.29 is 26.3 Å². The van der Waals surface area contributed by atoms with E-state index in [0.717, 1.165) is 10.8 Å². The van der Waals surface area contributed by atoms with Crippen LogP contribution in [0.25, 0.3) is 16.9 Å². The lowest BCUT2D eigenvalue weighted by Gasteiger charge is -2.29. The number of rotatable bonds is 4. The summed E-state index contributed by atoms with van der Waals surface area (Å²) in [7, 11) is 0. The lowest BCUT2D eigenvalue weighted by Crippen LogP contribution is -2.42. The average molecular weight is 424 g/mol. The summed E-state index contributed by atoms with van der Waals surface area (Å²) >= 11 is 6.18. The fourth-order valence-electron chi connectivity index (χ4n) is 2.82. The molecule has 0 aliphatic heterocycles. The second-order valence-electron chi connectivity index (χ2n) is 5.97. The first-order chi connectivity index (χ1) is 13.0. The summed E-state index contributed by atoms with van der Waals surface area (Å²) in [5, 5.41) is 3.49. The predicted octanol–water partition coefficient (Wildman–Crippen LogP) is 4.68. The van der Waals surface area contributed by atoms with Gasteiger partial charge < -0.3 is 4.90 Å². The van der Waals surface area contributed by atoms with Gasteiger partial charge in [-0.05, 0) is 18.1 Å². The Labute approximate surface area is 159 Å². The highest BCUT2D eigenvalue weighted by molar-refractivity contribution is 6.33. The molecule has 2 aromatic heterocycles. The van der Waals surface area contributed by atoms with Gasteiger partial charge in [0.25, 0.3) is 5.78 Å². The number of halogens is 7. The molecule has 12 heteroatoms. The molecule has 2 heterocycles. The van der Waals surface area contributed by atoms with Crippen molar-refractivity contribution in [1.29, 1.82) is 0 Å². The zero-order chi connectivity index (χ0) is 20.7. The molecule has 0 saturated carbocycles. The normalized spacial score (nSPS) is 12.6. The van der Waals surface area contributed by atoms with Crippen LogP contribution in [0.5, 0.6) is 0 Å². The standard InChI is InChI=1S/C16H12ClF6N5/c1-9-4-2-3-5-10(9)11-12(17)26-14-24-8-25-28(14)13(11)27(6-15(18,19)20)7-16(21,22)23/h2-5,8H,6-7H2,1H3. The molecule has 0 amide bonds. The van der Waals surface area contributed by atoms with Crippen LogP contribution in [0.15, 0.2) is 30.6 Å². The van der Waals surface area contributed by atoms with Crippen molar-refractivity contribution in [2.45, 2.75) is 19.3 Å². The SMILES string of the molecule is Cc1ccccc1-c1c(Cl)nc2ncnn2c1N(CC(F)(F)F)CC(F)(F)F. The number of anilines is 1. The van der Waals surface area contributed by atoms with Crippen molar-refractivity contribution in [2.75, 3.05) is 18.0 Å². The van der Waals surface area contributed by atoms with Crippen molar-refractivity contribution >= 4 is 23.2 Å². The van der Waals surface area contributed by atoms with E-state index >= 15 is 0 Å². The van der Waals surface area contributed by atoms with Gasteiger partial charge in [0.1, 0.15) is 30.4 Å². The molecule has 3 rings (SSSR count). The van der Waals surface area contributed by atoms with Gasteiger partial charge in [-0.15, -0.1) is 0 Å². The molecule has 28 heavy (non-hydrogen) atoms. The number of hydrogen-bond acceptors (Lipinski definition) is 4. The van der Waals surface area contributed by atoms with E-state index in [-0.39, 0.29) is 21.4 Å². The van der Waals surface area contributed by atoms with Gasteiger partial charge in [-0.3, -0.25) is 0 Å². The molecule has 0 N–H and O–H groups in total. The Bertz CT molecular complexity index is 981. The lowest BCUT2D eigenvalue weighted by atomic mass is 10.0. The second-order valence-corrected chi connectivity index (χ2v) is 6.33. The van der Waals surface area contributed by atoms with Gasteiger partial charge in [0.05, 0.1) is 5.56 Å². The van der Waals surface area contributed by atoms with Crippen LogP contribution in [0.1, 0.15) is 5.56 Å². The molecule has 150 valence electrons. The van der Waals surface area contributed by atoms with Crippen molar-refractivity contribution in [3.05, 3.63) is 41.3 Å². The maximum Gasteiger partial charge on any atom is 0.405 e. The fraction of sp³-hybridized carbons (Fsp3) is 0.312. The third-order valence-corrected chi connectivity index (χ3v) is 4.09. The summed E-state index contributed by atoms with van der Waals surface area (Å²) in [6.07, 6.45) is -8.84. The van der Waals surface area contributed by atoms with Crippen molar-refractivity contribution in [3.8, 4) is 11.1 Å². The molecule has 1 aromatic carbocycles. The number of aromatic nitrogens is 4. The Balaban J connectivity index is 2.34. The highest BCUT2D eigenvalue weighted by Gasteiger charge is 2.40. The Kier molecular flexibility index (Phi) is 5.13. The molecule has 0 saturated heterocycles. The first-order valence-electron chi connectivity index (χ1n) is 7.80. The maximum atomic E-state index is 13.1. The molecule has 0 spiro atoms. The zero-order valence-corrected chi connectivity index (χ0v) is 14.9. The minimum absolute atomic E-state index is 0.0914. The smallest absolute Gasteiger partial charge is 0.338 e. The topological polar surface area (TPSA) is 46.3 Å². The van der Waals surface area contributed by atoms with Gasteiger partial charge in [-0.1, -0.05) is 35.9 Å². The van der Waals surface area contributed by atoms with Crippen LogP contribution in [-0.4, -0.2) is 45.0 Å². The third-order valence-electron chi connectivity index (χ3n) is 3.81. The van der Waals surface area contributed by atoms with Gasteiger partial charge in [-0.2, -0.15) is 45.9 Å². The predicted molar refractivity (Wildman–Crippen MR) is 90.3 cm³/mol. The van der Waals surface area contributed by atoms with E-state index in [2.05, 4.69) is 15.1 Å².